The lowest BCUT2D eigenvalue weighted by Gasteiger charge is -2.09. The van der Waals surface area contributed by atoms with Crippen molar-refractivity contribution in [1.82, 2.24) is 0 Å². The maximum Gasteiger partial charge on any atom is 0.0626 e. The monoisotopic (exact) mass is 245 g/mol. The highest BCUT2D eigenvalue weighted by Gasteiger charge is 2.04. The molecule has 0 spiro atoms. The first kappa shape index (κ1) is 10.6. The molecule has 0 heteroatoms. The van der Waals surface area contributed by atoms with Crippen LogP contribution < -0.4 is 0 Å². The molecule has 0 radical (unpaired) electrons. The van der Waals surface area contributed by atoms with Gasteiger partial charge in [-0.25, -0.2) is 0 Å². The Balaban J connectivity index is 2.19. The van der Waals surface area contributed by atoms with Crippen molar-refractivity contribution in [3.8, 4) is 22.3 Å². The molecule has 0 aromatic heterocycles. The standard InChI is InChI=1S/C19H16/c1-15-12-13-18(16-8-4-2-5-9-16)14-19(15)17-10-6-3-7-11-17/h2-14H,1H3/i12D. The molecule has 0 aliphatic rings. The highest BCUT2D eigenvalue weighted by molar-refractivity contribution is 5.75. The highest BCUT2D eigenvalue weighted by Crippen LogP contribution is 2.29. The predicted molar refractivity (Wildman–Crippen MR) is 82.1 cm³/mol. The van der Waals surface area contributed by atoms with Crippen LogP contribution in [0.2, 0.25) is 0 Å². The maximum atomic E-state index is 8.20. The summed E-state index contributed by atoms with van der Waals surface area (Å²) in [5.74, 6) is 0. The minimum Gasteiger partial charge on any atom is -0.0622 e. The maximum absolute atomic E-state index is 8.20. The summed E-state index contributed by atoms with van der Waals surface area (Å²) >= 11 is 0. The van der Waals surface area contributed by atoms with E-state index in [0.717, 1.165) is 27.8 Å². The van der Waals surface area contributed by atoms with Gasteiger partial charge in [0.2, 0.25) is 0 Å². The fourth-order valence-corrected chi connectivity index (χ4v) is 2.28. The highest BCUT2D eigenvalue weighted by atomic mass is 14.1. The minimum atomic E-state index is 0.588. The van der Waals surface area contributed by atoms with Gasteiger partial charge in [0.1, 0.15) is 0 Å². The summed E-state index contributed by atoms with van der Waals surface area (Å²) in [6, 6.07) is 25.2. The third kappa shape index (κ3) is 2.43. The summed E-state index contributed by atoms with van der Waals surface area (Å²) in [6.07, 6.45) is 0. The summed E-state index contributed by atoms with van der Waals surface area (Å²) in [6.45, 7) is 2.01. The second kappa shape index (κ2) is 5.11. The zero-order valence-corrected chi connectivity index (χ0v) is 10.9. The summed E-state index contributed by atoms with van der Waals surface area (Å²) in [5.41, 5.74) is 5.57. The molecule has 3 aromatic rings. The summed E-state index contributed by atoms with van der Waals surface area (Å²) in [5, 5.41) is 0. The van der Waals surface area contributed by atoms with Gasteiger partial charge >= 0.3 is 0 Å². The summed E-state index contributed by atoms with van der Waals surface area (Å²) in [4.78, 5) is 0. The van der Waals surface area contributed by atoms with Crippen molar-refractivity contribution in [2.24, 2.45) is 0 Å². The Morgan fingerprint density at radius 2 is 1.26 bits per heavy atom. The quantitative estimate of drug-likeness (QED) is 0.572. The van der Waals surface area contributed by atoms with Gasteiger partial charge in [-0.1, -0.05) is 72.8 Å². The number of rotatable bonds is 2. The number of hydrogen-bond acceptors (Lipinski definition) is 0. The number of hydrogen-bond donors (Lipinski definition) is 0. The van der Waals surface area contributed by atoms with Crippen LogP contribution >= 0.6 is 0 Å². The minimum absolute atomic E-state index is 0.588. The molecule has 3 aromatic carbocycles. The second-order valence-corrected chi connectivity index (χ2v) is 4.66. The first-order valence-electron chi connectivity index (χ1n) is 6.98. The number of benzene rings is 3. The van der Waals surface area contributed by atoms with Crippen LogP contribution in [-0.4, -0.2) is 0 Å². The molecule has 0 aliphatic carbocycles. The Bertz CT molecular complexity index is 716. The topological polar surface area (TPSA) is 0 Å². The average Bonchev–Trinajstić information content (AvgIpc) is 2.51. The lowest BCUT2D eigenvalue weighted by Crippen LogP contribution is -1.85. The smallest absolute Gasteiger partial charge is 0.0622 e. The molecule has 19 heavy (non-hydrogen) atoms. The van der Waals surface area contributed by atoms with Gasteiger partial charge in [-0.3, -0.25) is 0 Å². The normalized spacial score (nSPS) is 11.1. The van der Waals surface area contributed by atoms with E-state index < -0.39 is 0 Å². The summed E-state index contributed by atoms with van der Waals surface area (Å²) in [7, 11) is 0. The SMILES string of the molecule is [2H]c1cc(-c2ccccc2)cc(-c2ccccc2)c1C. The molecular weight excluding hydrogens is 228 g/mol. The molecule has 0 atom stereocenters. The van der Waals surface area contributed by atoms with E-state index in [0.29, 0.717) is 6.04 Å². The molecule has 0 saturated heterocycles. The zero-order chi connectivity index (χ0) is 13.9. The molecular formula is C19H16. The third-order valence-electron chi connectivity index (χ3n) is 3.34. The molecule has 0 N–H and O–H groups in total. The molecule has 0 unspecified atom stereocenters. The van der Waals surface area contributed by atoms with E-state index >= 15 is 0 Å². The molecule has 0 saturated carbocycles. The molecule has 0 bridgehead atoms. The third-order valence-corrected chi connectivity index (χ3v) is 3.34. The average molecular weight is 245 g/mol. The van der Waals surface area contributed by atoms with Gasteiger partial charge in [-0.05, 0) is 40.8 Å². The Hall–Kier alpha value is -2.34. The van der Waals surface area contributed by atoms with Gasteiger partial charge in [0.05, 0.1) is 1.37 Å². The zero-order valence-electron chi connectivity index (χ0n) is 11.9. The van der Waals surface area contributed by atoms with E-state index in [1.54, 1.807) is 0 Å². The first-order chi connectivity index (χ1) is 9.75. The van der Waals surface area contributed by atoms with Crippen LogP contribution in [-0.2, 0) is 0 Å². The molecule has 0 amide bonds. The van der Waals surface area contributed by atoms with Crippen molar-refractivity contribution in [3.63, 3.8) is 0 Å². The Morgan fingerprint density at radius 1 is 0.684 bits per heavy atom. The van der Waals surface area contributed by atoms with Crippen LogP contribution in [0.4, 0.5) is 0 Å². The fraction of sp³-hybridized carbons (Fsp3) is 0.0526. The van der Waals surface area contributed by atoms with Gasteiger partial charge in [0.25, 0.3) is 0 Å². The Labute approximate surface area is 115 Å². The van der Waals surface area contributed by atoms with Crippen molar-refractivity contribution in [1.29, 1.82) is 0 Å². The molecule has 0 aliphatic heterocycles. The van der Waals surface area contributed by atoms with Crippen molar-refractivity contribution in [3.05, 3.63) is 84.4 Å². The van der Waals surface area contributed by atoms with Crippen LogP contribution in [0.5, 0.6) is 0 Å². The van der Waals surface area contributed by atoms with Crippen molar-refractivity contribution in [2.75, 3.05) is 0 Å². The van der Waals surface area contributed by atoms with Gasteiger partial charge < -0.3 is 0 Å². The van der Waals surface area contributed by atoms with Crippen LogP contribution in [0.1, 0.15) is 6.93 Å². The molecule has 0 heterocycles. The van der Waals surface area contributed by atoms with Crippen LogP contribution in [0.15, 0.2) is 78.8 Å². The molecule has 3 rings (SSSR count). The fourth-order valence-electron chi connectivity index (χ4n) is 2.28. The van der Waals surface area contributed by atoms with E-state index in [2.05, 4.69) is 30.3 Å². The van der Waals surface area contributed by atoms with Gasteiger partial charge in [0.15, 0.2) is 0 Å². The van der Waals surface area contributed by atoms with E-state index in [1.165, 1.54) is 0 Å². The van der Waals surface area contributed by atoms with Gasteiger partial charge in [0, 0.05) is 0 Å². The van der Waals surface area contributed by atoms with Crippen LogP contribution in [0, 0.1) is 6.92 Å². The Morgan fingerprint density at radius 3 is 1.89 bits per heavy atom. The lowest BCUT2D eigenvalue weighted by atomic mass is 9.95. The largest absolute Gasteiger partial charge is 0.0626 e. The van der Waals surface area contributed by atoms with Gasteiger partial charge in [-0.15, -0.1) is 0 Å². The molecule has 92 valence electrons. The predicted octanol–water partition coefficient (Wildman–Crippen LogP) is 5.33. The van der Waals surface area contributed by atoms with Gasteiger partial charge in [-0.2, -0.15) is 0 Å². The van der Waals surface area contributed by atoms with Crippen molar-refractivity contribution in [2.45, 2.75) is 6.92 Å². The van der Waals surface area contributed by atoms with Crippen LogP contribution in [0.25, 0.3) is 22.3 Å². The molecule has 0 nitrogen and oxygen atoms in total. The summed E-state index contributed by atoms with van der Waals surface area (Å²) < 4.78 is 8.20. The Kier molecular flexibility index (Phi) is 2.84. The van der Waals surface area contributed by atoms with E-state index in [-0.39, 0.29) is 0 Å². The van der Waals surface area contributed by atoms with Crippen LogP contribution in [0.3, 0.4) is 0 Å². The van der Waals surface area contributed by atoms with E-state index in [1.807, 2.05) is 49.4 Å². The molecule has 0 fully saturated rings. The van der Waals surface area contributed by atoms with Crippen molar-refractivity contribution < 1.29 is 1.37 Å². The van der Waals surface area contributed by atoms with Crippen molar-refractivity contribution >= 4 is 0 Å². The lowest BCUT2D eigenvalue weighted by molar-refractivity contribution is 1.45. The van der Waals surface area contributed by atoms with E-state index in [4.69, 9.17) is 1.37 Å². The second-order valence-electron chi connectivity index (χ2n) is 4.66. The van der Waals surface area contributed by atoms with E-state index in [9.17, 15) is 0 Å². The first-order valence-corrected chi connectivity index (χ1v) is 6.48.